The molecule has 3 aromatic rings. The van der Waals surface area contributed by atoms with Gasteiger partial charge >= 0.3 is 0 Å². The molecule has 1 fully saturated rings. The summed E-state index contributed by atoms with van der Waals surface area (Å²) in [4.78, 5) is 23.6. The summed E-state index contributed by atoms with van der Waals surface area (Å²) in [5.41, 5.74) is 3.69. The Balaban J connectivity index is 1.41. The molecule has 0 unspecified atom stereocenters. The first-order valence-electron chi connectivity index (χ1n) is 9.74. The first-order valence-corrected chi connectivity index (χ1v) is 9.74. The number of rotatable bonds is 4. The summed E-state index contributed by atoms with van der Waals surface area (Å²) in [5, 5.41) is 4.25. The Bertz CT molecular complexity index is 971. The molecule has 0 spiro atoms. The Morgan fingerprint density at radius 1 is 1.18 bits per heavy atom. The van der Waals surface area contributed by atoms with Crippen LogP contribution in [0.15, 0.2) is 36.8 Å². The number of aryl methyl sites for hydroxylation is 2. The third kappa shape index (κ3) is 3.69. The van der Waals surface area contributed by atoms with Crippen molar-refractivity contribution >= 4 is 5.91 Å². The maximum absolute atomic E-state index is 12.7. The van der Waals surface area contributed by atoms with Gasteiger partial charge in [0.15, 0.2) is 0 Å². The smallest absolute Gasteiger partial charge is 0.274 e. The van der Waals surface area contributed by atoms with Crippen molar-refractivity contribution in [2.24, 2.45) is 20.0 Å². The number of imidazole rings is 1. The second-order valence-electron chi connectivity index (χ2n) is 7.64. The molecule has 1 atom stereocenters. The van der Waals surface area contributed by atoms with Gasteiger partial charge in [-0.05, 0) is 49.8 Å². The molecule has 4 rings (SSSR count). The van der Waals surface area contributed by atoms with Crippen LogP contribution in [0.25, 0.3) is 11.4 Å². The molecule has 146 valence electrons. The molecule has 0 aliphatic carbocycles. The van der Waals surface area contributed by atoms with E-state index in [0.29, 0.717) is 11.6 Å². The van der Waals surface area contributed by atoms with Crippen molar-refractivity contribution in [3.05, 3.63) is 53.9 Å². The van der Waals surface area contributed by atoms with Gasteiger partial charge in [-0.25, -0.2) is 4.98 Å². The van der Waals surface area contributed by atoms with E-state index in [4.69, 9.17) is 0 Å². The summed E-state index contributed by atoms with van der Waals surface area (Å²) in [6.07, 6.45) is 8.73. The van der Waals surface area contributed by atoms with Crippen LogP contribution in [0.1, 0.15) is 34.7 Å². The zero-order valence-electron chi connectivity index (χ0n) is 16.7. The number of carbonyl (C=O) groups is 1. The minimum Gasteiger partial charge on any atom is -0.337 e. The fourth-order valence-corrected chi connectivity index (χ4v) is 3.88. The van der Waals surface area contributed by atoms with Gasteiger partial charge in [-0.3, -0.25) is 14.5 Å². The molecule has 0 bridgehead atoms. The fourth-order valence-electron chi connectivity index (χ4n) is 3.88. The summed E-state index contributed by atoms with van der Waals surface area (Å²) >= 11 is 0. The molecule has 0 saturated carbocycles. The molecule has 1 aliphatic heterocycles. The number of nitrogens with zero attached hydrogens (tertiary/aromatic N) is 6. The quantitative estimate of drug-likeness (QED) is 0.700. The molecular formula is C21H26N6O. The number of carbonyl (C=O) groups excluding carboxylic acids is 1. The lowest BCUT2D eigenvalue weighted by atomic mass is 9.91. The van der Waals surface area contributed by atoms with Gasteiger partial charge in [0.05, 0.1) is 17.6 Å². The number of hydrogen-bond donors (Lipinski definition) is 0. The summed E-state index contributed by atoms with van der Waals surface area (Å²) < 4.78 is 3.72. The number of likely N-dealkylation sites (tertiary alicyclic amines) is 1. The summed E-state index contributed by atoms with van der Waals surface area (Å²) in [7, 11) is 3.84. The van der Waals surface area contributed by atoms with Crippen LogP contribution in [0, 0.1) is 12.8 Å². The molecule has 0 radical (unpaired) electrons. The maximum atomic E-state index is 12.7. The number of piperidine rings is 1. The maximum Gasteiger partial charge on any atom is 0.274 e. The van der Waals surface area contributed by atoms with Crippen LogP contribution >= 0.6 is 0 Å². The van der Waals surface area contributed by atoms with Gasteiger partial charge in [-0.15, -0.1) is 0 Å². The van der Waals surface area contributed by atoms with Crippen LogP contribution in [0.2, 0.25) is 0 Å². The van der Waals surface area contributed by atoms with E-state index in [1.807, 2.05) is 49.1 Å². The van der Waals surface area contributed by atoms with Crippen molar-refractivity contribution < 1.29 is 4.79 Å². The van der Waals surface area contributed by atoms with Crippen LogP contribution in [0.4, 0.5) is 0 Å². The summed E-state index contributed by atoms with van der Waals surface area (Å²) in [6.45, 7) is 3.57. The first-order chi connectivity index (χ1) is 13.5. The average molecular weight is 378 g/mol. The number of amides is 1. The van der Waals surface area contributed by atoms with Gasteiger partial charge in [0.2, 0.25) is 0 Å². The van der Waals surface area contributed by atoms with Crippen molar-refractivity contribution in [3.63, 3.8) is 0 Å². The molecule has 7 heteroatoms. The van der Waals surface area contributed by atoms with Gasteiger partial charge in [-0.1, -0.05) is 6.07 Å². The predicted molar refractivity (Wildman–Crippen MR) is 107 cm³/mol. The van der Waals surface area contributed by atoms with Crippen LogP contribution in [0.5, 0.6) is 0 Å². The number of hydrogen-bond acceptors (Lipinski definition) is 4. The second-order valence-corrected chi connectivity index (χ2v) is 7.64. The van der Waals surface area contributed by atoms with Crippen LogP contribution in [0.3, 0.4) is 0 Å². The standard InChI is InChI=1S/C21H26N6O/c1-15-22-13-20(26(15)3)18-7-6-16(12-23-18)11-17-5-4-9-27(14-17)21(28)19-8-10-25(2)24-19/h6-8,10,12-13,17H,4-5,9,11,14H2,1-3H3/t17-/m1/s1. The lowest BCUT2D eigenvalue weighted by molar-refractivity contribution is 0.0666. The second kappa shape index (κ2) is 7.58. The van der Waals surface area contributed by atoms with E-state index in [-0.39, 0.29) is 5.91 Å². The third-order valence-corrected chi connectivity index (χ3v) is 5.57. The Morgan fingerprint density at radius 3 is 2.68 bits per heavy atom. The highest BCUT2D eigenvalue weighted by atomic mass is 16.2. The SMILES string of the molecule is Cc1ncc(-c2ccc(C[C@H]3CCCN(C(=O)c4ccn(C)n4)C3)cn2)n1C. The molecule has 1 aliphatic rings. The Morgan fingerprint density at radius 2 is 2.04 bits per heavy atom. The largest absolute Gasteiger partial charge is 0.337 e. The van der Waals surface area contributed by atoms with Gasteiger partial charge in [0.25, 0.3) is 5.91 Å². The zero-order chi connectivity index (χ0) is 19.7. The van der Waals surface area contributed by atoms with E-state index in [1.54, 1.807) is 10.7 Å². The van der Waals surface area contributed by atoms with Gasteiger partial charge in [0, 0.05) is 39.6 Å². The summed E-state index contributed by atoms with van der Waals surface area (Å²) in [5.74, 6) is 1.46. The van der Waals surface area contributed by atoms with Crippen LogP contribution in [-0.2, 0) is 20.5 Å². The normalized spacial score (nSPS) is 17.1. The minimum absolute atomic E-state index is 0.0327. The fraction of sp³-hybridized carbons (Fsp3) is 0.429. The topological polar surface area (TPSA) is 68.8 Å². The van der Waals surface area contributed by atoms with E-state index in [9.17, 15) is 4.79 Å². The molecule has 28 heavy (non-hydrogen) atoms. The van der Waals surface area contributed by atoms with Gasteiger partial charge in [-0.2, -0.15) is 5.10 Å². The van der Waals surface area contributed by atoms with E-state index < -0.39 is 0 Å². The molecule has 3 aromatic heterocycles. The highest BCUT2D eigenvalue weighted by molar-refractivity contribution is 5.92. The molecule has 0 N–H and O–H groups in total. The number of aromatic nitrogens is 5. The van der Waals surface area contributed by atoms with E-state index >= 15 is 0 Å². The summed E-state index contributed by atoms with van der Waals surface area (Å²) in [6, 6.07) is 5.99. The Hall–Kier alpha value is -2.96. The Kier molecular flexibility index (Phi) is 4.98. The van der Waals surface area contributed by atoms with Crippen molar-refractivity contribution in [3.8, 4) is 11.4 Å². The van der Waals surface area contributed by atoms with Gasteiger partial charge < -0.3 is 9.47 Å². The van der Waals surface area contributed by atoms with E-state index in [1.165, 1.54) is 5.56 Å². The lowest BCUT2D eigenvalue weighted by Crippen LogP contribution is -2.40. The predicted octanol–water partition coefficient (Wildman–Crippen LogP) is 2.62. The van der Waals surface area contributed by atoms with Crippen molar-refractivity contribution in [1.82, 2.24) is 29.2 Å². The zero-order valence-corrected chi connectivity index (χ0v) is 16.7. The molecular weight excluding hydrogens is 352 g/mol. The number of pyridine rings is 1. The molecule has 0 aromatic carbocycles. The van der Waals surface area contributed by atoms with Crippen LogP contribution < -0.4 is 0 Å². The molecule has 4 heterocycles. The van der Waals surface area contributed by atoms with Crippen molar-refractivity contribution in [2.45, 2.75) is 26.2 Å². The minimum atomic E-state index is 0.0327. The van der Waals surface area contributed by atoms with E-state index in [2.05, 4.69) is 27.2 Å². The van der Waals surface area contributed by atoms with Crippen molar-refractivity contribution in [1.29, 1.82) is 0 Å². The highest BCUT2D eigenvalue weighted by Gasteiger charge is 2.26. The average Bonchev–Trinajstić information content (AvgIpc) is 3.28. The van der Waals surface area contributed by atoms with Crippen LogP contribution in [-0.4, -0.2) is 48.2 Å². The van der Waals surface area contributed by atoms with Crippen molar-refractivity contribution in [2.75, 3.05) is 13.1 Å². The van der Waals surface area contributed by atoms with E-state index in [0.717, 1.165) is 49.6 Å². The lowest BCUT2D eigenvalue weighted by Gasteiger charge is -2.32. The molecule has 1 amide bonds. The molecule has 1 saturated heterocycles. The first kappa shape index (κ1) is 18.4. The third-order valence-electron chi connectivity index (χ3n) is 5.57. The molecule has 7 nitrogen and oxygen atoms in total. The highest BCUT2D eigenvalue weighted by Crippen LogP contribution is 2.23. The van der Waals surface area contributed by atoms with Gasteiger partial charge in [0.1, 0.15) is 11.5 Å². The monoisotopic (exact) mass is 378 g/mol. The Labute approximate surface area is 165 Å².